The molecule has 0 heterocycles. The molecule has 0 unspecified atom stereocenters. The predicted octanol–water partition coefficient (Wildman–Crippen LogP) is 2.10. The second kappa shape index (κ2) is 6.43. The first kappa shape index (κ1) is 17.0. The molecule has 0 aliphatic carbocycles. The zero-order valence-electron chi connectivity index (χ0n) is 12.1. The summed E-state index contributed by atoms with van der Waals surface area (Å²) >= 11 is 0. The van der Waals surface area contributed by atoms with E-state index in [4.69, 9.17) is 5.14 Å². The average molecular weight is 340 g/mol. The average Bonchev–Trinajstić information content (AvgIpc) is 2.46. The smallest absolute Gasteiger partial charge is 0.254 e. The first-order chi connectivity index (χ1) is 10.7. The summed E-state index contributed by atoms with van der Waals surface area (Å²) in [6.07, 6.45) is 0. The van der Waals surface area contributed by atoms with E-state index in [0.717, 1.165) is 12.1 Å². The van der Waals surface area contributed by atoms with Crippen LogP contribution in [-0.2, 0) is 10.0 Å². The first-order valence-electron chi connectivity index (χ1n) is 6.57. The predicted molar refractivity (Wildman–Crippen MR) is 80.1 cm³/mol. The van der Waals surface area contributed by atoms with Gasteiger partial charge in [0.05, 0.1) is 16.5 Å². The standard InChI is InChI=1S/C15H14F2N2O3S/c1-9(10-3-2-4-12(7-10)23(18,21)22)19-15(20)13-6-5-11(16)8-14(13)17/h2-9H,1H3,(H,19,20)(H2,18,21,22)/t9-/m1/s1. The Labute approximate surface area is 132 Å². The molecule has 2 aromatic carbocycles. The molecule has 0 radical (unpaired) electrons. The van der Waals surface area contributed by atoms with Gasteiger partial charge in [-0.2, -0.15) is 0 Å². The summed E-state index contributed by atoms with van der Waals surface area (Å²) in [5.41, 5.74) is 0.174. The number of rotatable bonds is 4. The lowest BCUT2D eigenvalue weighted by Gasteiger charge is -2.15. The molecule has 5 nitrogen and oxygen atoms in total. The Morgan fingerprint density at radius 2 is 1.87 bits per heavy atom. The molecule has 1 atom stereocenters. The Bertz CT molecular complexity index is 854. The minimum atomic E-state index is -3.87. The molecule has 0 aliphatic heterocycles. The molecular weight excluding hydrogens is 326 g/mol. The molecule has 0 spiro atoms. The molecule has 122 valence electrons. The number of amides is 1. The maximum atomic E-state index is 13.6. The van der Waals surface area contributed by atoms with E-state index in [0.29, 0.717) is 11.6 Å². The zero-order chi connectivity index (χ0) is 17.2. The minimum Gasteiger partial charge on any atom is -0.345 e. The molecule has 3 N–H and O–H groups in total. The lowest BCUT2D eigenvalue weighted by atomic mass is 10.1. The quantitative estimate of drug-likeness (QED) is 0.893. The number of sulfonamides is 1. The number of primary sulfonamides is 1. The van der Waals surface area contributed by atoms with E-state index in [2.05, 4.69) is 5.32 Å². The highest BCUT2D eigenvalue weighted by atomic mass is 32.2. The van der Waals surface area contributed by atoms with Gasteiger partial charge in [0.1, 0.15) is 11.6 Å². The van der Waals surface area contributed by atoms with E-state index >= 15 is 0 Å². The summed E-state index contributed by atoms with van der Waals surface area (Å²) in [7, 11) is -3.87. The van der Waals surface area contributed by atoms with Gasteiger partial charge in [-0.25, -0.2) is 22.3 Å². The molecule has 0 saturated heterocycles. The number of carbonyl (C=O) groups excluding carboxylic acids is 1. The van der Waals surface area contributed by atoms with Crippen molar-refractivity contribution in [3.05, 3.63) is 65.2 Å². The van der Waals surface area contributed by atoms with E-state index in [1.165, 1.54) is 18.2 Å². The molecule has 2 aromatic rings. The van der Waals surface area contributed by atoms with Gasteiger partial charge in [-0.3, -0.25) is 4.79 Å². The monoisotopic (exact) mass is 340 g/mol. The summed E-state index contributed by atoms with van der Waals surface area (Å²) < 4.78 is 49.1. The van der Waals surface area contributed by atoms with Gasteiger partial charge < -0.3 is 5.32 Å². The van der Waals surface area contributed by atoms with E-state index in [-0.39, 0.29) is 10.5 Å². The molecule has 0 aromatic heterocycles. The topological polar surface area (TPSA) is 89.3 Å². The van der Waals surface area contributed by atoms with Crippen LogP contribution in [0.3, 0.4) is 0 Å². The largest absolute Gasteiger partial charge is 0.345 e. The lowest BCUT2D eigenvalue weighted by molar-refractivity contribution is 0.0935. The fraction of sp³-hybridized carbons (Fsp3) is 0.133. The molecule has 1 amide bonds. The van der Waals surface area contributed by atoms with Gasteiger partial charge >= 0.3 is 0 Å². The summed E-state index contributed by atoms with van der Waals surface area (Å²) in [4.78, 5) is 11.9. The van der Waals surface area contributed by atoms with Crippen LogP contribution in [0.25, 0.3) is 0 Å². The molecule has 23 heavy (non-hydrogen) atoms. The Morgan fingerprint density at radius 1 is 1.17 bits per heavy atom. The summed E-state index contributed by atoms with van der Waals surface area (Å²) in [5, 5.41) is 7.57. The SMILES string of the molecule is C[C@@H](NC(=O)c1ccc(F)cc1F)c1cccc(S(N)(=O)=O)c1. The van der Waals surface area contributed by atoms with E-state index < -0.39 is 33.6 Å². The molecule has 2 rings (SSSR count). The molecule has 0 aliphatic rings. The van der Waals surface area contributed by atoms with E-state index in [1.807, 2.05) is 0 Å². The highest BCUT2D eigenvalue weighted by Gasteiger charge is 2.17. The normalized spacial score (nSPS) is 12.7. The van der Waals surface area contributed by atoms with Crippen LogP contribution in [0, 0.1) is 11.6 Å². The van der Waals surface area contributed by atoms with Crippen molar-refractivity contribution in [2.45, 2.75) is 17.9 Å². The highest BCUT2D eigenvalue weighted by Crippen LogP contribution is 2.18. The van der Waals surface area contributed by atoms with Gasteiger partial charge in [0.15, 0.2) is 0 Å². The fourth-order valence-electron chi connectivity index (χ4n) is 1.99. The van der Waals surface area contributed by atoms with Crippen LogP contribution >= 0.6 is 0 Å². The molecule has 8 heteroatoms. The van der Waals surface area contributed by atoms with Crippen molar-refractivity contribution >= 4 is 15.9 Å². The Hall–Kier alpha value is -2.32. The van der Waals surface area contributed by atoms with Crippen molar-refractivity contribution in [2.75, 3.05) is 0 Å². The third-order valence-corrected chi connectivity index (χ3v) is 4.12. The van der Waals surface area contributed by atoms with Crippen molar-refractivity contribution in [1.29, 1.82) is 0 Å². The Morgan fingerprint density at radius 3 is 2.48 bits per heavy atom. The Balaban J connectivity index is 2.22. The second-order valence-electron chi connectivity index (χ2n) is 4.94. The minimum absolute atomic E-state index is 0.0935. The third-order valence-electron chi connectivity index (χ3n) is 3.21. The second-order valence-corrected chi connectivity index (χ2v) is 6.50. The molecule has 0 saturated carbocycles. The maximum absolute atomic E-state index is 13.6. The number of carbonyl (C=O) groups is 1. The van der Waals surface area contributed by atoms with Crippen LogP contribution in [-0.4, -0.2) is 14.3 Å². The summed E-state index contributed by atoms with van der Waals surface area (Å²) in [5.74, 6) is -2.50. The molecule has 0 bridgehead atoms. The maximum Gasteiger partial charge on any atom is 0.254 e. The van der Waals surface area contributed by atoms with Crippen molar-refractivity contribution in [3.8, 4) is 0 Å². The van der Waals surface area contributed by atoms with Gasteiger partial charge in [0, 0.05) is 6.07 Å². The van der Waals surface area contributed by atoms with Crippen molar-refractivity contribution < 1.29 is 22.0 Å². The van der Waals surface area contributed by atoms with E-state index in [9.17, 15) is 22.0 Å². The van der Waals surface area contributed by atoms with Gasteiger partial charge in [0.2, 0.25) is 10.0 Å². The number of halogens is 2. The summed E-state index contributed by atoms with van der Waals surface area (Å²) in [6.45, 7) is 1.60. The van der Waals surface area contributed by atoms with Crippen LogP contribution in [0.5, 0.6) is 0 Å². The first-order valence-corrected chi connectivity index (χ1v) is 8.12. The van der Waals surface area contributed by atoms with Crippen LogP contribution in [0.4, 0.5) is 8.78 Å². The van der Waals surface area contributed by atoms with Crippen LogP contribution in [0.2, 0.25) is 0 Å². The van der Waals surface area contributed by atoms with Crippen molar-refractivity contribution in [1.82, 2.24) is 5.32 Å². The number of nitrogens with one attached hydrogen (secondary N) is 1. The zero-order valence-corrected chi connectivity index (χ0v) is 12.9. The summed E-state index contributed by atoms with van der Waals surface area (Å²) in [6, 6.07) is 7.75. The van der Waals surface area contributed by atoms with Crippen LogP contribution in [0.1, 0.15) is 28.9 Å². The molecule has 0 fully saturated rings. The van der Waals surface area contributed by atoms with Crippen LogP contribution in [0.15, 0.2) is 47.4 Å². The van der Waals surface area contributed by atoms with Crippen molar-refractivity contribution in [2.24, 2.45) is 5.14 Å². The van der Waals surface area contributed by atoms with Gasteiger partial charge in [-0.1, -0.05) is 12.1 Å². The number of benzene rings is 2. The van der Waals surface area contributed by atoms with Gasteiger partial charge in [0.25, 0.3) is 5.91 Å². The third kappa shape index (κ3) is 4.11. The number of nitrogens with two attached hydrogens (primary N) is 1. The lowest BCUT2D eigenvalue weighted by Crippen LogP contribution is -2.27. The van der Waals surface area contributed by atoms with Crippen LogP contribution < -0.4 is 10.5 Å². The number of hydrogen-bond donors (Lipinski definition) is 2. The number of hydrogen-bond acceptors (Lipinski definition) is 3. The highest BCUT2D eigenvalue weighted by molar-refractivity contribution is 7.89. The van der Waals surface area contributed by atoms with E-state index in [1.54, 1.807) is 13.0 Å². The van der Waals surface area contributed by atoms with Gasteiger partial charge in [-0.05, 0) is 36.8 Å². The van der Waals surface area contributed by atoms with Gasteiger partial charge in [-0.15, -0.1) is 0 Å². The fourth-order valence-corrected chi connectivity index (χ4v) is 2.56. The Kier molecular flexibility index (Phi) is 4.76. The van der Waals surface area contributed by atoms with Crippen molar-refractivity contribution in [3.63, 3.8) is 0 Å². The molecular formula is C15H14F2N2O3S.